The lowest BCUT2D eigenvalue weighted by Gasteiger charge is -2.08. The molecule has 8 heteroatoms. The van der Waals surface area contributed by atoms with Crippen LogP contribution in [0.4, 0.5) is 0 Å². The van der Waals surface area contributed by atoms with E-state index in [0.29, 0.717) is 16.4 Å². The van der Waals surface area contributed by atoms with Gasteiger partial charge in [0, 0.05) is 17.2 Å². The Hall–Kier alpha value is -3.39. The summed E-state index contributed by atoms with van der Waals surface area (Å²) in [4.78, 5) is 42.8. The Morgan fingerprint density at radius 1 is 1.04 bits per heavy atom. The normalized spacial score (nSPS) is 10.3. The molecular formula is C20H18N4O3S. The molecule has 0 aliphatic rings. The van der Waals surface area contributed by atoms with E-state index >= 15 is 0 Å². The molecule has 0 aliphatic heterocycles. The molecule has 0 saturated heterocycles. The molecular weight excluding hydrogens is 376 g/mol. The Kier molecular flexibility index (Phi) is 6.23. The number of carbonyl (C=O) groups excluding carboxylic acids is 2. The van der Waals surface area contributed by atoms with Crippen LogP contribution in [0.1, 0.15) is 15.9 Å². The Balaban J connectivity index is 1.56. The van der Waals surface area contributed by atoms with Gasteiger partial charge in [0.05, 0.1) is 11.4 Å². The van der Waals surface area contributed by atoms with Gasteiger partial charge in [-0.05, 0) is 19.1 Å². The third-order valence-electron chi connectivity index (χ3n) is 3.76. The number of aromatic nitrogens is 2. The van der Waals surface area contributed by atoms with Gasteiger partial charge in [0.2, 0.25) is 5.91 Å². The molecule has 0 aliphatic carbocycles. The van der Waals surface area contributed by atoms with Gasteiger partial charge in [-0.15, -0.1) is 0 Å². The zero-order valence-electron chi connectivity index (χ0n) is 15.1. The molecule has 3 N–H and O–H groups in total. The number of thioether (sulfide) groups is 1. The van der Waals surface area contributed by atoms with Crippen LogP contribution in [0.15, 0.2) is 70.6 Å². The Bertz CT molecular complexity index is 1030. The van der Waals surface area contributed by atoms with Gasteiger partial charge in [0.25, 0.3) is 11.5 Å². The van der Waals surface area contributed by atoms with Crippen molar-refractivity contribution in [3.63, 3.8) is 0 Å². The quantitative estimate of drug-likeness (QED) is 0.350. The summed E-state index contributed by atoms with van der Waals surface area (Å²) in [5.41, 5.74) is 7.23. The van der Waals surface area contributed by atoms with Gasteiger partial charge >= 0.3 is 0 Å². The molecule has 2 aromatic carbocycles. The minimum absolute atomic E-state index is 0.0185. The number of amides is 2. The molecule has 1 heterocycles. The molecule has 0 fully saturated rings. The minimum Gasteiger partial charge on any atom is -0.301 e. The Labute approximate surface area is 165 Å². The van der Waals surface area contributed by atoms with E-state index in [0.717, 1.165) is 22.9 Å². The first-order valence-electron chi connectivity index (χ1n) is 8.47. The Morgan fingerprint density at radius 2 is 1.75 bits per heavy atom. The average molecular weight is 394 g/mol. The number of rotatable bonds is 5. The van der Waals surface area contributed by atoms with Crippen LogP contribution in [0, 0.1) is 6.92 Å². The second-order valence-electron chi connectivity index (χ2n) is 5.96. The van der Waals surface area contributed by atoms with Crippen LogP contribution in [-0.4, -0.2) is 27.5 Å². The Morgan fingerprint density at radius 3 is 2.46 bits per heavy atom. The summed E-state index contributed by atoms with van der Waals surface area (Å²) in [6.07, 6.45) is 0. The van der Waals surface area contributed by atoms with Crippen molar-refractivity contribution in [2.24, 2.45) is 0 Å². The van der Waals surface area contributed by atoms with Crippen LogP contribution in [0.2, 0.25) is 0 Å². The predicted molar refractivity (Wildman–Crippen MR) is 108 cm³/mol. The molecule has 0 spiro atoms. The number of benzene rings is 2. The molecule has 0 unspecified atom stereocenters. The number of hydrazine groups is 1. The molecule has 142 valence electrons. The average Bonchev–Trinajstić information content (AvgIpc) is 2.71. The van der Waals surface area contributed by atoms with Crippen molar-refractivity contribution >= 4 is 23.6 Å². The zero-order chi connectivity index (χ0) is 19.9. The van der Waals surface area contributed by atoms with Gasteiger partial charge in [0.15, 0.2) is 5.16 Å². The lowest BCUT2D eigenvalue weighted by molar-refractivity contribution is -0.119. The lowest BCUT2D eigenvalue weighted by atomic mass is 10.1. The van der Waals surface area contributed by atoms with Gasteiger partial charge < -0.3 is 4.98 Å². The monoisotopic (exact) mass is 394 g/mol. The number of aromatic amines is 1. The summed E-state index contributed by atoms with van der Waals surface area (Å²) >= 11 is 1.07. The number of nitrogens with one attached hydrogen (secondary N) is 3. The fraction of sp³-hybridized carbons (Fsp3) is 0.100. The second-order valence-corrected chi connectivity index (χ2v) is 6.92. The molecule has 3 rings (SSSR count). The van der Waals surface area contributed by atoms with Crippen LogP contribution >= 0.6 is 11.8 Å². The highest BCUT2D eigenvalue weighted by atomic mass is 32.2. The maximum absolute atomic E-state index is 12.0. The third-order valence-corrected chi connectivity index (χ3v) is 4.63. The largest absolute Gasteiger partial charge is 0.301 e. The summed E-state index contributed by atoms with van der Waals surface area (Å²) < 4.78 is 0. The van der Waals surface area contributed by atoms with Crippen molar-refractivity contribution in [3.8, 4) is 11.3 Å². The summed E-state index contributed by atoms with van der Waals surface area (Å²) in [6, 6.07) is 17.7. The van der Waals surface area contributed by atoms with Crippen molar-refractivity contribution in [3.05, 3.63) is 82.1 Å². The summed E-state index contributed by atoms with van der Waals surface area (Å²) in [5, 5.41) is 0.325. The van der Waals surface area contributed by atoms with Crippen LogP contribution in [0.5, 0.6) is 0 Å². The summed E-state index contributed by atoms with van der Waals surface area (Å²) in [5.74, 6) is -0.843. The van der Waals surface area contributed by atoms with E-state index in [1.54, 1.807) is 12.1 Å². The van der Waals surface area contributed by atoms with E-state index in [9.17, 15) is 14.4 Å². The van der Waals surface area contributed by atoms with Gasteiger partial charge in [0.1, 0.15) is 0 Å². The van der Waals surface area contributed by atoms with E-state index in [2.05, 4.69) is 20.8 Å². The highest BCUT2D eigenvalue weighted by molar-refractivity contribution is 7.99. The first-order valence-corrected chi connectivity index (χ1v) is 9.45. The van der Waals surface area contributed by atoms with Crippen molar-refractivity contribution in [2.45, 2.75) is 12.1 Å². The molecule has 7 nitrogen and oxygen atoms in total. The molecule has 1 aromatic heterocycles. The topological polar surface area (TPSA) is 104 Å². The first-order chi connectivity index (χ1) is 13.5. The number of hydrogen-bond donors (Lipinski definition) is 3. The van der Waals surface area contributed by atoms with Gasteiger partial charge in [-0.2, -0.15) is 0 Å². The number of H-pyrrole nitrogens is 1. The second kappa shape index (κ2) is 9.01. The zero-order valence-corrected chi connectivity index (χ0v) is 15.9. The molecule has 0 saturated carbocycles. The predicted octanol–water partition coefficient (Wildman–Crippen LogP) is 2.30. The van der Waals surface area contributed by atoms with E-state index < -0.39 is 11.8 Å². The van der Waals surface area contributed by atoms with E-state index in [-0.39, 0.29) is 11.3 Å². The van der Waals surface area contributed by atoms with E-state index in [1.165, 1.54) is 6.07 Å². The van der Waals surface area contributed by atoms with Crippen molar-refractivity contribution < 1.29 is 9.59 Å². The highest BCUT2D eigenvalue weighted by Gasteiger charge is 2.10. The van der Waals surface area contributed by atoms with Crippen molar-refractivity contribution in [1.82, 2.24) is 20.8 Å². The first kappa shape index (κ1) is 19.4. The van der Waals surface area contributed by atoms with Gasteiger partial charge in [-0.3, -0.25) is 25.2 Å². The van der Waals surface area contributed by atoms with Crippen LogP contribution in [-0.2, 0) is 4.79 Å². The summed E-state index contributed by atoms with van der Waals surface area (Å²) in [7, 11) is 0. The third kappa shape index (κ3) is 5.31. The molecule has 0 radical (unpaired) electrons. The van der Waals surface area contributed by atoms with Crippen molar-refractivity contribution in [2.75, 3.05) is 5.75 Å². The van der Waals surface area contributed by atoms with Gasteiger partial charge in [-0.1, -0.05) is 59.8 Å². The van der Waals surface area contributed by atoms with Crippen molar-refractivity contribution in [1.29, 1.82) is 0 Å². The van der Waals surface area contributed by atoms with Gasteiger partial charge in [-0.25, -0.2) is 4.98 Å². The molecule has 0 bridgehead atoms. The highest BCUT2D eigenvalue weighted by Crippen LogP contribution is 2.18. The van der Waals surface area contributed by atoms with Crippen LogP contribution < -0.4 is 16.4 Å². The molecule has 2 amide bonds. The number of hydrogen-bond acceptors (Lipinski definition) is 5. The van der Waals surface area contributed by atoms with Crippen LogP contribution in [0.25, 0.3) is 11.3 Å². The fourth-order valence-electron chi connectivity index (χ4n) is 2.33. The number of nitrogens with zero attached hydrogens (tertiary/aromatic N) is 1. The fourth-order valence-corrected chi connectivity index (χ4v) is 3.01. The lowest BCUT2D eigenvalue weighted by Crippen LogP contribution is -2.42. The molecule has 0 atom stereocenters. The van der Waals surface area contributed by atoms with E-state index in [4.69, 9.17) is 0 Å². The smallest absolute Gasteiger partial charge is 0.269 e. The SMILES string of the molecule is Cc1ccc(C(=O)NNC(=O)CSc2nc(-c3ccccc3)cc(=O)[nH]2)cc1. The minimum atomic E-state index is -0.418. The number of carbonyl (C=O) groups is 2. The maximum atomic E-state index is 12.0. The van der Waals surface area contributed by atoms with Crippen LogP contribution in [0.3, 0.4) is 0 Å². The molecule has 3 aromatic rings. The maximum Gasteiger partial charge on any atom is 0.269 e. The summed E-state index contributed by atoms with van der Waals surface area (Å²) in [6.45, 7) is 1.92. The van der Waals surface area contributed by atoms with E-state index in [1.807, 2.05) is 49.4 Å². The molecule has 28 heavy (non-hydrogen) atoms. The standard InChI is InChI=1S/C20H18N4O3S/c1-13-7-9-15(10-8-13)19(27)24-23-18(26)12-28-20-21-16(11-17(25)22-20)14-5-3-2-4-6-14/h2-11H,12H2,1H3,(H,23,26)(H,24,27)(H,21,22,25). The number of aryl methyl sites for hydroxylation is 1.